The van der Waals surface area contributed by atoms with Gasteiger partial charge in [0.15, 0.2) is 0 Å². The van der Waals surface area contributed by atoms with Gasteiger partial charge in [-0.05, 0) is 140 Å². The zero-order chi connectivity index (χ0) is 52.5. The van der Waals surface area contributed by atoms with Crippen molar-refractivity contribution >= 4 is 148 Å². The molecule has 0 unspecified atom stereocenters. The molecule has 0 spiro atoms. The zero-order valence-electron chi connectivity index (χ0n) is 44.8. The van der Waals surface area contributed by atoms with Crippen molar-refractivity contribution in [3.63, 3.8) is 0 Å². The lowest BCUT2D eigenvalue weighted by Crippen LogP contribution is -1.87. The number of aliphatic imine (C=N–C) groups is 2. The first-order valence-corrected chi connectivity index (χ1v) is 36.2. The second-order valence-corrected chi connectivity index (χ2v) is 31.0. The Morgan fingerprint density at radius 3 is 1.20 bits per heavy atom. The van der Waals surface area contributed by atoms with Crippen LogP contribution in [-0.4, -0.2) is 32.1 Å². The van der Waals surface area contributed by atoms with Gasteiger partial charge in [0.05, 0.1) is 9.81 Å². The molecule has 75 heavy (non-hydrogen) atoms. The van der Waals surface area contributed by atoms with E-state index in [-0.39, 0.29) is 11.8 Å². The minimum absolute atomic E-state index is 0.106. The van der Waals surface area contributed by atoms with E-state index >= 15 is 0 Å². The van der Waals surface area contributed by atoms with Crippen molar-refractivity contribution in [3.8, 4) is 48.8 Å². The van der Waals surface area contributed by atoms with Crippen LogP contribution in [0.2, 0.25) is 0 Å². The third-order valence-electron chi connectivity index (χ3n) is 13.4. The molecule has 14 heteroatoms. The number of unbranched alkanes of at least 4 members (excludes halogenated alkanes) is 15. The smallest absolute Gasteiger partial charge is 0.266 e. The zero-order valence-corrected chi connectivity index (χ0v) is 53.0. The van der Waals surface area contributed by atoms with Crippen LogP contribution in [-0.2, 0) is 28.9 Å². The first kappa shape index (κ1) is 58.9. The van der Waals surface area contributed by atoms with Crippen molar-refractivity contribution in [2.45, 2.75) is 176 Å². The number of rotatable bonds is 30. The highest BCUT2D eigenvalue weighted by molar-refractivity contribution is 8.41. The molecule has 0 aromatic carbocycles. The van der Waals surface area contributed by atoms with Crippen LogP contribution in [0.4, 0.5) is 0 Å². The predicted molar refractivity (Wildman–Crippen MR) is 349 cm³/mol. The molecule has 0 saturated carbocycles. The Morgan fingerprint density at radius 1 is 0.413 bits per heavy atom. The number of amides is 2. The average molecular weight is 1190 g/mol. The number of thioether (sulfide) groups is 4. The Bertz CT molecular complexity index is 2960. The van der Waals surface area contributed by atoms with Crippen molar-refractivity contribution in [1.82, 2.24) is 0 Å². The minimum Gasteiger partial charge on any atom is -0.266 e. The predicted octanol–water partition coefficient (Wildman–Crippen LogP) is 22.9. The monoisotopic (exact) mass is 1190 g/mol. The summed E-state index contributed by atoms with van der Waals surface area (Å²) in [5, 5.41) is 0. The maximum absolute atomic E-state index is 13.0. The maximum atomic E-state index is 13.0. The Kier molecular flexibility index (Phi) is 23.9. The summed E-state index contributed by atoms with van der Waals surface area (Å²) in [4.78, 5) is 51.8. The molecule has 0 aliphatic carbocycles. The maximum Gasteiger partial charge on any atom is 0.285 e. The number of hydrogen-bond acceptors (Lipinski definition) is 12. The molecule has 2 amide bonds. The summed E-state index contributed by atoms with van der Waals surface area (Å²) in [7, 11) is 0. The third kappa shape index (κ3) is 16.4. The van der Waals surface area contributed by atoms with Crippen LogP contribution >= 0.6 is 115 Å². The van der Waals surface area contributed by atoms with Crippen molar-refractivity contribution in [2.24, 2.45) is 9.98 Å². The van der Waals surface area contributed by atoms with Gasteiger partial charge in [0, 0.05) is 58.5 Å². The summed E-state index contributed by atoms with van der Waals surface area (Å²) >= 11 is 17.8. The molecular formula is C61H74N2O2S10. The standard InChI is InChI=1S/C61H74N2O2S10/c1-7-12-15-18-21-24-27-41-35-44(38-52-58(64)62-60(74-52)66-10-4)68-55(41)47-31-30-46(70-47)54-40(6)34-50(72-54)51-37-43(29-26-23-20-17-14-9-3)57(73-51)49-33-32-48(71-49)56-42(28-25-22-19-16-13-8-2)36-45(69-56)39-53-59(65)63-61(75-53)67-11-5/h30-39H,7-29H2,1-6H3/b52-38-,53-39-. The van der Waals surface area contributed by atoms with Crippen LogP contribution in [0.3, 0.4) is 0 Å². The van der Waals surface area contributed by atoms with E-state index in [1.54, 1.807) is 23.5 Å². The van der Waals surface area contributed by atoms with Gasteiger partial charge in [0.1, 0.15) is 8.75 Å². The van der Waals surface area contributed by atoms with E-state index < -0.39 is 0 Å². The van der Waals surface area contributed by atoms with Crippen LogP contribution in [0.5, 0.6) is 0 Å². The van der Waals surface area contributed by atoms with Crippen molar-refractivity contribution in [3.05, 3.63) is 90.3 Å². The normalized spacial score (nSPS) is 15.0. The molecule has 400 valence electrons. The lowest BCUT2D eigenvalue weighted by Gasteiger charge is -2.04. The van der Waals surface area contributed by atoms with Gasteiger partial charge in [0.2, 0.25) is 0 Å². The number of aryl methyl sites for hydroxylation is 4. The van der Waals surface area contributed by atoms with E-state index in [0.717, 1.165) is 59.1 Å². The molecule has 6 aromatic heterocycles. The van der Waals surface area contributed by atoms with E-state index in [2.05, 4.69) is 112 Å². The van der Waals surface area contributed by atoms with Gasteiger partial charge in [-0.25, -0.2) is 0 Å². The van der Waals surface area contributed by atoms with Gasteiger partial charge >= 0.3 is 0 Å². The molecule has 2 aliphatic rings. The van der Waals surface area contributed by atoms with Gasteiger partial charge < -0.3 is 0 Å². The second-order valence-electron chi connectivity index (χ2n) is 19.4. The van der Waals surface area contributed by atoms with Crippen LogP contribution < -0.4 is 0 Å². The van der Waals surface area contributed by atoms with Gasteiger partial charge in [-0.1, -0.05) is 178 Å². The van der Waals surface area contributed by atoms with E-state index in [1.807, 2.05) is 68.0 Å². The number of carbonyl (C=O) groups is 2. The molecule has 0 saturated heterocycles. The summed E-state index contributed by atoms with van der Waals surface area (Å²) in [6.45, 7) is 13.4. The van der Waals surface area contributed by atoms with Gasteiger partial charge in [-0.3, -0.25) is 9.59 Å². The molecule has 0 radical (unpaired) electrons. The van der Waals surface area contributed by atoms with Crippen molar-refractivity contribution in [1.29, 1.82) is 0 Å². The first-order valence-electron chi connectivity index (χ1n) is 27.7. The van der Waals surface area contributed by atoms with Crippen LogP contribution in [0.1, 0.15) is 182 Å². The van der Waals surface area contributed by atoms with Gasteiger partial charge in [-0.2, -0.15) is 9.98 Å². The van der Waals surface area contributed by atoms with E-state index in [4.69, 9.17) is 0 Å². The SMILES string of the molecule is CCCCCCCCc1cc(/C=C2\SC(SCC)=NC2=O)sc1-c1ccc(-c2sc(-c3cc(CCCCCCCC)c(-c4ccc(-c5sc(/C=C6\SC(SCC)=NC6=O)cc5CCCCCCCC)s4)s3)cc2C)s1. The molecule has 0 N–H and O–H groups in total. The Balaban J connectivity index is 1.06. The van der Waals surface area contributed by atoms with Gasteiger partial charge in [-0.15, -0.1) is 68.0 Å². The molecular weight excluding hydrogens is 1110 g/mol. The molecule has 4 nitrogen and oxygen atoms in total. The number of nitrogens with zero attached hydrogens (tertiary/aromatic N) is 2. The summed E-state index contributed by atoms with van der Waals surface area (Å²) in [5.41, 5.74) is 5.63. The second kappa shape index (κ2) is 30.4. The fraction of sp³-hybridized carbons (Fsp3) is 0.475. The van der Waals surface area contributed by atoms with E-state index in [9.17, 15) is 9.59 Å². The highest BCUT2D eigenvalue weighted by atomic mass is 32.2. The van der Waals surface area contributed by atoms with Crippen LogP contribution in [0.15, 0.2) is 68.3 Å². The molecule has 2 aliphatic heterocycles. The Morgan fingerprint density at radius 2 is 0.773 bits per heavy atom. The molecule has 8 rings (SSSR count). The fourth-order valence-electron chi connectivity index (χ4n) is 9.48. The topological polar surface area (TPSA) is 58.9 Å². The van der Waals surface area contributed by atoms with Crippen molar-refractivity contribution in [2.75, 3.05) is 11.5 Å². The molecule has 8 heterocycles. The highest BCUT2D eigenvalue weighted by Crippen LogP contribution is 2.50. The fourth-order valence-corrected chi connectivity index (χ4v) is 20.8. The number of carbonyl (C=O) groups excluding carboxylic acids is 2. The van der Waals surface area contributed by atoms with E-state index in [1.165, 1.54) is 210 Å². The minimum atomic E-state index is -0.109. The summed E-state index contributed by atoms with van der Waals surface area (Å²) in [5.74, 6) is 1.61. The highest BCUT2D eigenvalue weighted by Gasteiger charge is 2.26. The Labute approximate surface area is 489 Å². The first-order chi connectivity index (χ1) is 36.7. The summed E-state index contributed by atoms with van der Waals surface area (Å²) < 4.78 is 1.72. The summed E-state index contributed by atoms with van der Waals surface area (Å²) in [6, 6.07) is 19.1. The van der Waals surface area contributed by atoms with E-state index in [0.29, 0.717) is 0 Å². The average Bonchev–Trinajstić information content (AvgIpc) is 4.27. The molecule has 0 atom stereocenters. The Hall–Kier alpha value is -2.24. The molecule has 0 bridgehead atoms. The summed E-state index contributed by atoms with van der Waals surface area (Å²) in [6.07, 6.45) is 30.4. The lowest BCUT2D eigenvalue weighted by atomic mass is 10.0. The van der Waals surface area contributed by atoms with Crippen LogP contribution in [0, 0.1) is 6.92 Å². The van der Waals surface area contributed by atoms with Gasteiger partial charge in [0.25, 0.3) is 11.8 Å². The van der Waals surface area contributed by atoms with Crippen LogP contribution in [0.25, 0.3) is 60.9 Å². The number of hydrogen-bond donors (Lipinski definition) is 0. The quantitative estimate of drug-likeness (QED) is 0.0331. The van der Waals surface area contributed by atoms with Crippen molar-refractivity contribution < 1.29 is 9.59 Å². The third-order valence-corrected chi connectivity index (χ3v) is 25.2. The molecule has 0 fully saturated rings. The lowest BCUT2D eigenvalue weighted by molar-refractivity contribution is -0.114. The largest absolute Gasteiger partial charge is 0.285 e. The number of thiophene rings is 6. The molecule has 6 aromatic rings.